The summed E-state index contributed by atoms with van der Waals surface area (Å²) in [6.07, 6.45) is 5.59. The molecule has 3 amide bonds. The van der Waals surface area contributed by atoms with Crippen molar-refractivity contribution in [3.8, 4) is 0 Å². The van der Waals surface area contributed by atoms with Gasteiger partial charge in [0.05, 0.1) is 59.9 Å². The fourth-order valence-corrected chi connectivity index (χ4v) is 11.3. The summed E-state index contributed by atoms with van der Waals surface area (Å²) < 4.78 is 72.5. The van der Waals surface area contributed by atoms with Gasteiger partial charge in [0.15, 0.2) is 11.3 Å². The molecule has 5 aliphatic heterocycles. The number of carbonyl (C=O) groups excluding carboxylic acids is 3. The molecule has 0 radical (unpaired) electrons. The van der Waals surface area contributed by atoms with Crippen molar-refractivity contribution in [1.29, 1.82) is 0 Å². The van der Waals surface area contributed by atoms with Gasteiger partial charge in [-0.1, -0.05) is 6.07 Å². The number of ether oxygens (including phenoxy) is 1. The Morgan fingerprint density at radius 1 is 1.00 bits per heavy atom. The molecule has 11 rings (SSSR count). The van der Waals surface area contributed by atoms with E-state index in [0.717, 1.165) is 12.1 Å². The largest absolute Gasteiger partial charge is 0.374 e. The lowest BCUT2D eigenvalue weighted by molar-refractivity contribution is -0.142. The van der Waals surface area contributed by atoms with E-state index in [-0.39, 0.29) is 72.4 Å². The predicted molar refractivity (Wildman–Crippen MR) is 224 cm³/mol. The van der Waals surface area contributed by atoms with E-state index in [1.807, 2.05) is 21.9 Å². The Morgan fingerprint density at radius 3 is 2.52 bits per heavy atom. The number of piperidine rings is 2. The van der Waals surface area contributed by atoms with E-state index in [2.05, 4.69) is 25.7 Å². The van der Waals surface area contributed by atoms with Crippen LogP contribution in [-0.4, -0.2) is 120 Å². The Bertz CT molecular complexity index is 2740. The molecule has 0 spiro atoms. The summed E-state index contributed by atoms with van der Waals surface area (Å²) in [6.45, 7) is 2.29. The van der Waals surface area contributed by atoms with Crippen molar-refractivity contribution in [1.82, 2.24) is 43.7 Å². The number of fused-ring (bicyclic) bond motifs is 4. The third-order valence-corrected chi connectivity index (χ3v) is 14.7. The first-order valence-corrected chi connectivity index (χ1v) is 22.1. The van der Waals surface area contributed by atoms with Crippen LogP contribution in [0.1, 0.15) is 85.9 Å². The molecule has 2 unspecified atom stereocenters. The highest BCUT2D eigenvalue weighted by Gasteiger charge is 2.52. The zero-order chi connectivity index (χ0) is 44.2. The van der Waals surface area contributed by atoms with Gasteiger partial charge in [0, 0.05) is 63.4 Å². The van der Waals surface area contributed by atoms with Crippen molar-refractivity contribution in [2.24, 2.45) is 18.9 Å². The Labute approximate surface area is 363 Å². The molecule has 6 fully saturated rings. The van der Waals surface area contributed by atoms with E-state index in [1.165, 1.54) is 30.7 Å². The number of aromatic nitrogens is 7. The Morgan fingerprint density at radius 2 is 1.80 bits per heavy atom. The molecule has 2 N–H and O–H groups in total. The molecule has 6 aliphatic rings. The number of carbonyl (C=O) groups is 3. The van der Waals surface area contributed by atoms with Gasteiger partial charge in [0.25, 0.3) is 18.3 Å². The number of imidazole rings is 1. The second kappa shape index (κ2) is 15.4. The molecule has 1 saturated carbocycles. The van der Waals surface area contributed by atoms with Crippen LogP contribution in [0.2, 0.25) is 0 Å². The first kappa shape index (κ1) is 40.9. The van der Waals surface area contributed by atoms with Gasteiger partial charge < -0.3 is 19.9 Å². The second-order valence-corrected chi connectivity index (χ2v) is 18.3. The fourth-order valence-electron chi connectivity index (χ4n) is 11.3. The average molecular weight is 889 g/mol. The predicted octanol–water partition coefficient (Wildman–Crippen LogP) is 4.30. The third-order valence-electron chi connectivity index (χ3n) is 14.7. The average Bonchev–Trinajstić information content (AvgIpc) is 4.11. The van der Waals surface area contributed by atoms with Crippen LogP contribution in [0.25, 0.3) is 16.7 Å². The zero-order valence-corrected chi connectivity index (χ0v) is 35.1. The number of aryl methyl sites for hydroxylation is 1. The van der Waals surface area contributed by atoms with E-state index in [1.54, 1.807) is 25.4 Å². The summed E-state index contributed by atoms with van der Waals surface area (Å²) in [5.41, 5.74) is 1.31. The topological polar surface area (TPSA) is 169 Å². The standard InChI is InChI=1S/C43H48F4N12O5/c1-53-37-31(3-2-4-32(37)59(42(53)63)33-9-10-35(60)51-41(33)62)55-17-23(18-55)29-11-13-54(22-43(29,46)47)24-5-7-25(8-6-24)58-20-30(36(52-58)38(44)45)49-40(61)28-16-48-57-14-12-34(50-39(28)57)56-19-27-15-26(56)21-64-27/h2-4,12,14,16,20,23-27,29,33,38H,5-11,13,15,17-19,21-22H2,1H3,(H,49,61)(H,51,60,62)/t24?,25?,26-,27-,29?,33?/m1/s1. The van der Waals surface area contributed by atoms with Crippen LogP contribution in [0.4, 0.5) is 34.8 Å². The summed E-state index contributed by atoms with van der Waals surface area (Å²) in [5, 5.41) is 13.4. The lowest BCUT2D eigenvalue weighted by Crippen LogP contribution is -2.60. The molecule has 5 saturated heterocycles. The molecule has 2 bridgehead atoms. The van der Waals surface area contributed by atoms with E-state index >= 15 is 8.78 Å². The Balaban J connectivity index is 0.713. The molecule has 5 aromatic rings. The Kier molecular flexibility index (Phi) is 9.85. The van der Waals surface area contributed by atoms with Crippen LogP contribution in [0.3, 0.4) is 0 Å². The van der Waals surface area contributed by atoms with Crippen molar-refractivity contribution in [2.45, 2.75) is 94.0 Å². The monoisotopic (exact) mass is 888 g/mol. The normalized spacial score (nSPS) is 27.5. The number of hydrogen-bond acceptors (Lipinski definition) is 11. The molecular weight excluding hydrogens is 841 g/mol. The number of alkyl halides is 4. The SMILES string of the molecule is Cn1c(=O)n(C2CCC(=O)NC2=O)c2cccc(N3CC(C4CCN(C5CCC(n6cc(NC(=O)c7cnn8ccc(N9C[C@H]%10C[C@@H]9CO%10)nc78)c(C(F)F)n6)CC5)CC4(F)F)C3)c21. The molecule has 21 heteroatoms. The summed E-state index contributed by atoms with van der Waals surface area (Å²) in [4.78, 5) is 62.2. The number of amides is 3. The number of nitrogens with one attached hydrogen (secondary N) is 2. The van der Waals surface area contributed by atoms with E-state index in [9.17, 15) is 28.0 Å². The number of halogens is 4. The van der Waals surface area contributed by atoms with Gasteiger partial charge in [0.1, 0.15) is 17.4 Å². The van der Waals surface area contributed by atoms with E-state index in [4.69, 9.17) is 9.72 Å². The number of anilines is 3. The number of rotatable bonds is 9. The lowest BCUT2D eigenvalue weighted by atomic mass is 9.76. The molecule has 338 valence electrons. The number of hydrogen-bond donors (Lipinski definition) is 2. The summed E-state index contributed by atoms with van der Waals surface area (Å²) in [7, 11) is 1.63. The van der Waals surface area contributed by atoms with Gasteiger partial charge >= 0.3 is 5.69 Å². The molecular formula is C43H48F4N12O5. The van der Waals surface area contributed by atoms with Crippen LogP contribution in [0.15, 0.2) is 47.7 Å². The van der Waals surface area contributed by atoms with Crippen LogP contribution in [-0.2, 0) is 21.4 Å². The molecule has 1 aromatic carbocycles. The van der Waals surface area contributed by atoms with Crippen LogP contribution >= 0.6 is 0 Å². The molecule has 17 nitrogen and oxygen atoms in total. The number of likely N-dealkylation sites (tertiary alicyclic amines) is 1. The number of nitrogens with zero attached hydrogens (tertiary/aromatic N) is 10. The molecule has 1 aliphatic carbocycles. The highest BCUT2D eigenvalue weighted by molar-refractivity contribution is 6.08. The molecule has 64 heavy (non-hydrogen) atoms. The van der Waals surface area contributed by atoms with Gasteiger partial charge in [-0.2, -0.15) is 10.2 Å². The van der Waals surface area contributed by atoms with Gasteiger partial charge in [0.2, 0.25) is 11.8 Å². The van der Waals surface area contributed by atoms with Crippen molar-refractivity contribution < 1.29 is 36.7 Å². The maximum atomic E-state index is 16.1. The highest BCUT2D eigenvalue weighted by Crippen LogP contribution is 2.45. The van der Waals surface area contributed by atoms with Crippen molar-refractivity contribution in [2.75, 3.05) is 54.4 Å². The molecule has 4 aromatic heterocycles. The summed E-state index contributed by atoms with van der Waals surface area (Å²) >= 11 is 0. The second-order valence-electron chi connectivity index (χ2n) is 18.3. The molecule has 9 heterocycles. The van der Waals surface area contributed by atoms with Gasteiger partial charge in [-0.05, 0) is 69.7 Å². The van der Waals surface area contributed by atoms with Crippen LogP contribution in [0, 0.1) is 11.8 Å². The minimum atomic E-state index is -2.95. The third kappa shape index (κ3) is 6.83. The van der Waals surface area contributed by atoms with Gasteiger partial charge in [-0.25, -0.2) is 31.9 Å². The fraction of sp³-hybridized carbons (Fsp3) is 0.558. The number of para-hydroxylation sites is 1. The number of morpholine rings is 1. The van der Waals surface area contributed by atoms with Gasteiger partial charge in [-0.15, -0.1) is 0 Å². The first-order chi connectivity index (χ1) is 30.8. The maximum Gasteiger partial charge on any atom is 0.329 e. The van der Waals surface area contributed by atoms with E-state index < -0.39 is 41.8 Å². The zero-order valence-electron chi connectivity index (χ0n) is 35.1. The lowest BCUT2D eigenvalue weighted by Gasteiger charge is -2.51. The highest BCUT2D eigenvalue weighted by atomic mass is 19.3. The summed E-state index contributed by atoms with van der Waals surface area (Å²) in [6, 6.07) is 6.30. The van der Waals surface area contributed by atoms with E-state index in [0.29, 0.717) is 87.4 Å². The number of benzene rings is 1. The first-order valence-electron chi connectivity index (χ1n) is 22.1. The maximum absolute atomic E-state index is 16.1. The van der Waals surface area contributed by atoms with Crippen LogP contribution in [0.5, 0.6) is 0 Å². The van der Waals surface area contributed by atoms with Crippen molar-refractivity contribution in [3.05, 3.63) is 64.6 Å². The Hall–Kier alpha value is -5.83. The minimum absolute atomic E-state index is 0.0890. The summed E-state index contributed by atoms with van der Waals surface area (Å²) in [5.74, 6) is -4.83. The van der Waals surface area contributed by atoms with Crippen molar-refractivity contribution >= 4 is 51.6 Å². The smallest absolute Gasteiger partial charge is 0.329 e. The van der Waals surface area contributed by atoms with Crippen molar-refractivity contribution in [3.63, 3.8) is 0 Å². The number of imide groups is 1. The van der Waals surface area contributed by atoms with Crippen LogP contribution < -0.4 is 26.1 Å². The quantitative estimate of drug-likeness (QED) is 0.160. The van der Waals surface area contributed by atoms with Gasteiger partial charge in [-0.3, -0.25) is 38.4 Å². The minimum Gasteiger partial charge on any atom is -0.374 e. The molecule has 4 atom stereocenters.